The molecule has 1 saturated heterocycles. The minimum Gasteiger partial charge on any atom is -0.488 e. The Kier molecular flexibility index (Phi) is 7.17. The predicted octanol–water partition coefficient (Wildman–Crippen LogP) is 4.98. The van der Waals surface area contributed by atoms with Gasteiger partial charge in [-0.15, -0.1) is 0 Å². The third-order valence-electron chi connectivity index (χ3n) is 5.88. The number of aromatic nitrogens is 1. The average Bonchev–Trinajstić information content (AvgIpc) is 3.13. The van der Waals surface area contributed by atoms with Crippen molar-refractivity contribution in [3.05, 3.63) is 76.2 Å². The maximum Gasteiger partial charge on any atom is 0.259 e. The lowest BCUT2D eigenvalue weighted by molar-refractivity contribution is 0.102. The minimum atomic E-state index is -0.186. The number of hydrogen-bond acceptors (Lipinski definition) is 6. The van der Waals surface area contributed by atoms with E-state index < -0.39 is 0 Å². The summed E-state index contributed by atoms with van der Waals surface area (Å²) in [5.41, 5.74) is 5.38. The summed E-state index contributed by atoms with van der Waals surface area (Å²) in [6.07, 6.45) is 0. The van der Waals surface area contributed by atoms with Crippen LogP contribution in [0.1, 0.15) is 38.5 Å². The maximum atomic E-state index is 13.1. The molecule has 0 saturated carbocycles. The lowest BCUT2D eigenvalue weighted by Crippen LogP contribution is -2.32. The van der Waals surface area contributed by atoms with Gasteiger partial charge >= 0.3 is 0 Å². The maximum absolute atomic E-state index is 13.1. The molecule has 1 aliphatic rings. The quantitative estimate of drug-likeness (QED) is 0.546. The van der Waals surface area contributed by atoms with Crippen molar-refractivity contribution in [2.24, 2.45) is 0 Å². The smallest absolute Gasteiger partial charge is 0.259 e. The molecule has 0 bridgehead atoms. The van der Waals surface area contributed by atoms with Crippen LogP contribution in [-0.2, 0) is 13.2 Å². The molecular weight excluding hydrogens is 422 g/mol. The first-order valence-corrected chi connectivity index (χ1v) is 12.0. The highest BCUT2D eigenvalue weighted by atomic mass is 32.2. The van der Waals surface area contributed by atoms with Crippen LogP contribution in [0.4, 0.5) is 5.69 Å². The normalized spacial score (nSPS) is 14.3. The van der Waals surface area contributed by atoms with Gasteiger partial charge in [-0.2, -0.15) is 11.8 Å². The van der Waals surface area contributed by atoms with E-state index in [4.69, 9.17) is 9.26 Å². The van der Waals surface area contributed by atoms with Gasteiger partial charge in [0, 0.05) is 36.8 Å². The molecule has 3 aromatic rings. The van der Waals surface area contributed by atoms with Crippen molar-refractivity contribution < 1.29 is 14.1 Å². The van der Waals surface area contributed by atoms with Crippen molar-refractivity contribution >= 4 is 23.4 Å². The summed E-state index contributed by atoms with van der Waals surface area (Å²) in [7, 11) is 0. The minimum absolute atomic E-state index is 0.186. The molecule has 7 heteroatoms. The molecule has 32 heavy (non-hydrogen) atoms. The van der Waals surface area contributed by atoms with Gasteiger partial charge in [-0.3, -0.25) is 9.69 Å². The molecule has 0 radical (unpaired) electrons. The molecule has 2 heterocycles. The molecule has 1 amide bonds. The summed E-state index contributed by atoms with van der Waals surface area (Å²) in [6, 6.07) is 13.4. The number of carbonyl (C=O) groups excluding carboxylic acids is 1. The molecule has 1 fully saturated rings. The average molecular weight is 452 g/mol. The highest BCUT2D eigenvalue weighted by molar-refractivity contribution is 7.99. The van der Waals surface area contributed by atoms with E-state index in [0.29, 0.717) is 17.9 Å². The van der Waals surface area contributed by atoms with E-state index in [2.05, 4.69) is 28.4 Å². The van der Waals surface area contributed by atoms with E-state index in [0.717, 1.165) is 47.9 Å². The van der Waals surface area contributed by atoms with Gasteiger partial charge in [0.15, 0.2) is 0 Å². The number of carbonyl (C=O) groups is 1. The zero-order valence-electron chi connectivity index (χ0n) is 18.8. The number of nitrogens with one attached hydrogen (secondary N) is 1. The predicted molar refractivity (Wildman–Crippen MR) is 128 cm³/mol. The highest BCUT2D eigenvalue weighted by Gasteiger charge is 2.17. The third-order valence-corrected chi connectivity index (χ3v) is 6.82. The third kappa shape index (κ3) is 5.16. The SMILES string of the molecule is Cc1noc(C)c1COc1ccccc1C(=O)Nc1cccc(CN2CCSCC2)c1C. The summed E-state index contributed by atoms with van der Waals surface area (Å²) in [5, 5.41) is 7.05. The van der Waals surface area contributed by atoms with Crippen LogP contribution in [-0.4, -0.2) is 40.6 Å². The molecular formula is C25H29N3O3S. The van der Waals surface area contributed by atoms with Crippen LogP contribution in [0.3, 0.4) is 0 Å². The number of benzene rings is 2. The van der Waals surface area contributed by atoms with Gasteiger partial charge in [-0.05, 0) is 50.1 Å². The largest absolute Gasteiger partial charge is 0.488 e. The first-order chi connectivity index (χ1) is 15.5. The Hall–Kier alpha value is -2.77. The van der Waals surface area contributed by atoms with E-state index in [9.17, 15) is 4.79 Å². The molecule has 1 N–H and O–H groups in total. The second-order valence-electron chi connectivity index (χ2n) is 8.02. The lowest BCUT2D eigenvalue weighted by atomic mass is 10.1. The highest BCUT2D eigenvalue weighted by Crippen LogP contribution is 2.25. The number of anilines is 1. The summed E-state index contributed by atoms with van der Waals surface area (Å²) in [6.45, 7) is 9.24. The Morgan fingerprint density at radius 2 is 1.91 bits per heavy atom. The number of aryl methyl sites for hydroxylation is 2. The van der Waals surface area contributed by atoms with E-state index in [1.807, 2.05) is 55.9 Å². The van der Waals surface area contributed by atoms with Crippen LogP contribution >= 0.6 is 11.8 Å². The summed E-state index contributed by atoms with van der Waals surface area (Å²) < 4.78 is 11.2. The molecule has 4 rings (SSSR count). The zero-order chi connectivity index (χ0) is 22.5. The number of hydrogen-bond donors (Lipinski definition) is 1. The van der Waals surface area contributed by atoms with E-state index in [-0.39, 0.29) is 5.91 Å². The Morgan fingerprint density at radius 1 is 1.12 bits per heavy atom. The Balaban J connectivity index is 1.48. The molecule has 1 aliphatic heterocycles. The molecule has 0 atom stereocenters. The molecule has 1 aromatic heterocycles. The molecule has 168 valence electrons. The standard InChI is InChI=1S/C25H29N3O3S/c1-17-20(15-28-11-13-32-14-12-28)7-6-9-23(17)26-25(29)21-8-4-5-10-24(21)30-16-22-18(2)27-31-19(22)3/h4-10H,11-16H2,1-3H3,(H,26,29). The van der Waals surface area contributed by atoms with Crippen molar-refractivity contribution in [2.45, 2.75) is 33.9 Å². The second-order valence-corrected chi connectivity index (χ2v) is 9.24. The van der Waals surface area contributed by atoms with Gasteiger partial charge in [0.1, 0.15) is 18.1 Å². The number of thioether (sulfide) groups is 1. The summed E-state index contributed by atoms with van der Waals surface area (Å²) >= 11 is 2.01. The molecule has 0 aliphatic carbocycles. The molecule has 0 unspecified atom stereocenters. The van der Waals surface area contributed by atoms with Crippen LogP contribution in [0.25, 0.3) is 0 Å². The fourth-order valence-electron chi connectivity index (χ4n) is 3.82. The fraction of sp³-hybridized carbons (Fsp3) is 0.360. The number of rotatable bonds is 7. The lowest BCUT2D eigenvalue weighted by Gasteiger charge is -2.27. The van der Waals surface area contributed by atoms with Crippen LogP contribution in [0.5, 0.6) is 5.75 Å². The fourth-order valence-corrected chi connectivity index (χ4v) is 4.80. The topological polar surface area (TPSA) is 67.6 Å². The first kappa shape index (κ1) is 22.4. The van der Waals surface area contributed by atoms with Crippen LogP contribution in [0, 0.1) is 20.8 Å². The van der Waals surface area contributed by atoms with Crippen LogP contribution in [0.15, 0.2) is 47.0 Å². The number of para-hydroxylation sites is 1. The Morgan fingerprint density at radius 3 is 2.66 bits per heavy atom. The molecule has 0 spiro atoms. The van der Waals surface area contributed by atoms with Gasteiger partial charge in [-0.1, -0.05) is 29.4 Å². The van der Waals surface area contributed by atoms with Crippen molar-refractivity contribution in [2.75, 3.05) is 29.9 Å². The summed E-state index contributed by atoms with van der Waals surface area (Å²) in [5.74, 6) is 3.43. The van der Waals surface area contributed by atoms with Gasteiger partial charge < -0.3 is 14.6 Å². The van der Waals surface area contributed by atoms with Gasteiger partial charge in [0.05, 0.1) is 16.8 Å². The Labute approximate surface area is 193 Å². The van der Waals surface area contributed by atoms with Crippen molar-refractivity contribution in [3.8, 4) is 5.75 Å². The number of ether oxygens (including phenoxy) is 1. The number of nitrogens with zero attached hydrogens (tertiary/aromatic N) is 2. The molecule has 2 aromatic carbocycles. The van der Waals surface area contributed by atoms with Crippen molar-refractivity contribution in [3.63, 3.8) is 0 Å². The number of amides is 1. The second kappa shape index (κ2) is 10.2. The monoisotopic (exact) mass is 451 g/mol. The Bertz CT molecular complexity index is 1070. The van der Waals surface area contributed by atoms with E-state index in [1.165, 1.54) is 17.1 Å². The molecule has 6 nitrogen and oxygen atoms in total. The first-order valence-electron chi connectivity index (χ1n) is 10.9. The summed E-state index contributed by atoms with van der Waals surface area (Å²) in [4.78, 5) is 15.6. The zero-order valence-corrected chi connectivity index (χ0v) is 19.6. The van der Waals surface area contributed by atoms with Gasteiger partial charge in [0.25, 0.3) is 5.91 Å². The van der Waals surface area contributed by atoms with Crippen molar-refractivity contribution in [1.29, 1.82) is 0 Å². The van der Waals surface area contributed by atoms with Crippen molar-refractivity contribution in [1.82, 2.24) is 10.1 Å². The van der Waals surface area contributed by atoms with Gasteiger partial charge in [-0.25, -0.2) is 0 Å². The van der Waals surface area contributed by atoms with Crippen LogP contribution in [0.2, 0.25) is 0 Å². The van der Waals surface area contributed by atoms with E-state index in [1.54, 1.807) is 6.07 Å². The van der Waals surface area contributed by atoms with Crippen LogP contribution < -0.4 is 10.1 Å². The van der Waals surface area contributed by atoms with E-state index >= 15 is 0 Å². The van der Waals surface area contributed by atoms with Gasteiger partial charge in [0.2, 0.25) is 0 Å².